The van der Waals surface area contributed by atoms with Crippen LogP contribution in [0.3, 0.4) is 0 Å². The summed E-state index contributed by atoms with van der Waals surface area (Å²) < 4.78 is 0. The summed E-state index contributed by atoms with van der Waals surface area (Å²) >= 11 is 0. The van der Waals surface area contributed by atoms with Crippen molar-refractivity contribution in [1.82, 2.24) is 0 Å². The molecule has 0 bridgehead atoms. The Hall–Kier alpha value is -1.14. The molecule has 0 amide bonds. The monoisotopic (exact) mass is 424 g/mol. The molecule has 31 heavy (non-hydrogen) atoms. The van der Waals surface area contributed by atoms with Gasteiger partial charge in [-0.25, -0.2) is 0 Å². The smallest absolute Gasteiger partial charge is 0.153 e. The Morgan fingerprint density at radius 3 is 2.52 bits per heavy atom. The average Bonchev–Trinajstić information content (AvgIpc) is 2.68. The van der Waals surface area contributed by atoms with Crippen LogP contribution in [0.1, 0.15) is 112 Å². The van der Waals surface area contributed by atoms with Crippen molar-refractivity contribution in [2.45, 2.75) is 117 Å². The van der Waals surface area contributed by atoms with Gasteiger partial charge in [-0.2, -0.15) is 5.26 Å². The van der Waals surface area contributed by atoms with Crippen molar-refractivity contribution in [3.05, 3.63) is 11.6 Å². The van der Waals surface area contributed by atoms with Crippen LogP contribution in [0.25, 0.3) is 0 Å². The Labute approximate surface area is 190 Å². The van der Waals surface area contributed by atoms with Crippen LogP contribution in [0.2, 0.25) is 0 Å². The largest absolute Gasteiger partial charge is 0.321 e. The van der Waals surface area contributed by atoms with Gasteiger partial charge in [0.25, 0.3) is 0 Å². The third-order valence-corrected chi connectivity index (χ3v) is 10.8. The second kappa shape index (κ2) is 7.44. The van der Waals surface area contributed by atoms with Gasteiger partial charge in [-0.15, -0.1) is 0 Å². The van der Waals surface area contributed by atoms with Gasteiger partial charge < -0.3 is 5.73 Å². The van der Waals surface area contributed by atoms with E-state index in [9.17, 15) is 10.1 Å². The van der Waals surface area contributed by atoms with Crippen molar-refractivity contribution in [2.24, 2.45) is 39.2 Å². The fourth-order valence-corrected chi connectivity index (χ4v) is 9.00. The molecule has 2 unspecified atom stereocenters. The second-order valence-electron chi connectivity index (χ2n) is 12.9. The fraction of sp³-hybridized carbons (Fsp3) is 0.857. The summed E-state index contributed by atoms with van der Waals surface area (Å²) in [6, 6.07) is 2.17. The van der Waals surface area contributed by atoms with Crippen LogP contribution >= 0.6 is 0 Å². The van der Waals surface area contributed by atoms with Gasteiger partial charge in [-0.3, -0.25) is 4.79 Å². The van der Waals surface area contributed by atoms with Gasteiger partial charge in [0, 0.05) is 11.0 Å². The predicted octanol–water partition coefficient (Wildman–Crippen LogP) is 6.72. The Morgan fingerprint density at radius 1 is 1.13 bits per heavy atom. The molecule has 2 N–H and O–H groups in total. The van der Waals surface area contributed by atoms with E-state index in [1.54, 1.807) is 0 Å². The summed E-state index contributed by atoms with van der Waals surface area (Å²) in [6.45, 7) is 12.0. The van der Waals surface area contributed by atoms with Gasteiger partial charge in [-0.1, -0.05) is 53.5 Å². The third-order valence-electron chi connectivity index (χ3n) is 10.8. The summed E-state index contributed by atoms with van der Waals surface area (Å²) in [6.07, 6.45) is 14.8. The van der Waals surface area contributed by atoms with Crippen molar-refractivity contribution in [3.8, 4) is 6.07 Å². The van der Waals surface area contributed by atoms with Crippen molar-refractivity contribution < 1.29 is 4.79 Å². The van der Waals surface area contributed by atoms with E-state index in [4.69, 9.17) is 5.73 Å². The van der Waals surface area contributed by atoms with E-state index >= 15 is 0 Å². The Kier molecular flexibility index (Phi) is 5.53. The van der Waals surface area contributed by atoms with Gasteiger partial charge in [-0.05, 0) is 91.4 Å². The zero-order valence-electron chi connectivity index (χ0n) is 20.7. The number of rotatable bonds is 4. The molecule has 0 aromatic carbocycles. The molecule has 4 rings (SSSR count). The first-order valence-corrected chi connectivity index (χ1v) is 12.9. The van der Waals surface area contributed by atoms with Crippen molar-refractivity contribution >= 4 is 5.78 Å². The summed E-state index contributed by atoms with van der Waals surface area (Å²) in [5.41, 5.74) is 8.99. The van der Waals surface area contributed by atoms with E-state index in [0.717, 1.165) is 38.5 Å². The van der Waals surface area contributed by atoms with Crippen LogP contribution in [0.15, 0.2) is 11.6 Å². The SMILES string of the molecule is CCC[C@@]1(C)CCC[C@]2(C)C1CC=C1C3CC(C)(C)CC[C@]3(C(=O)CC#N)CC[C@]12N. The van der Waals surface area contributed by atoms with Gasteiger partial charge in [0.15, 0.2) is 5.78 Å². The van der Waals surface area contributed by atoms with Gasteiger partial charge in [0.2, 0.25) is 0 Å². The molecular formula is C28H44N2O. The van der Waals surface area contributed by atoms with Crippen molar-refractivity contribution in [1.29, 1.82) is 5.26 Å². The molecule has 0 radical (unpaired) electrons. The number of nitriles is 1. The van der Waals surface area contributed by atoms with E-state index in [-0.39, 0.29) is 39.9 Å². The molecule has 0 aliphatic heterocycles. The predicted molar refractivity (Wildman–Crippen MR) is 126 cm³/mol. The molecule has 4 aliphatic carbocycles. The summed E-state index contributed by atoms with van der Waals surface area (Å²) in [7, 11) is 0. The number of carbonyl (C=O) groups excluding carboxylic acids is 1. The lowest BCUT2D eigenvalue weighted by atomic mass is 9.38. The first-order valence-electron chi connectivity index (χ1n) is 12.9. The first-order chi connectivity index (χ1) is 14.5. The standard InChI is InChI=1S/C28H44N2O/c1-6-11-25(4)12-7-13-26(5)22(25)9-8-20-21-19-24(2,3)14-15-27(21,23(31)10-18-29)16-17-28(20,26)30/h8,21-22H,6-7,9-17,19,30H2,1-5H3/t21?,22?,25-,26+,27-,28-/m0/s1. The van der Waals surface area contributed by atoms with Gasteiger partial charge >= 0.3 is 0 Å². The minimum Gasteiger partial charge on any atom is -0.321 e. The summed E-state index contributed by atoms with van der Waals surface area (Å²) in [4.78, 5) is 13.4. The molecule has 172 valence electrons. The van der Waals surface area contributed by atoms with E-state index < -0.39 is 0 Å². The quantitative estimate of drug-likeness (QED) is 0.510. The lowest BCUT2D eigenvalue weighted by Gasteiger charge is -2.67. The number of carbonyl (C=O) groups is 1. The summed E-state index contributed by atoms with van der Waals surface area (Å²) in [5, 5.41) is 9.33. The zero-order valence-corrected chi connectivity index (χ0v) is 20.7. The van der Waals surface area contributed by atoms with Gasteiger partial charge in [0.05, 0.1) is 12.5 Å². The lowest BCUT2D eigenvalue weighted by molar-refractivity contribution is -0.142. The number of nitrogens with zero attached hydrogens (tertiary/aromatic N) is 1. The topological polar surface area (TPSA) is 66.9 Å². The molecule has 0 spiro atoms. The highest BCUT2D eigenvalue weighted by atomic mass is 16.1. The fourth-order valence-electron chi connectivity index (χ4n) is 9.00. The molecule has 6 atom stereocenters. The van der Waals surface area contributed by atoms with Crippen LogP contribution in [0.5, 0.6) is 0 Å². The van der Waals surface area contributed by atoms with E-state index in [0.29, 0.717) is 11.3 Å². The molecule has 0 aromatic heterocycles. The highest BCUT2D eigenvalue weighted by Crippen LogP contribution is 2.69. The Morgan fingerprint density at radius 2 is 1.84 bits per heavy atom. The Bertz CT molecular complexity index is 817. The lowest BCUT2D eigenvalue weighted by Crippen LogP contribution is -2.69. The average molecular weight is 425 g/mol. The highest BCUT2D eigenvalue weighted by Gasteiger charge is 2.66. The summed E-state index contributed by atoms with van der Waals surface area (Å²) in [5.74, 6) is 1.03. The van der Waals surface area contributed by atoms with Gasteiger partial charge in [0.1, 0.15) is 0 Å². The van der Waals surface area contributed by atoms with Crippen LogP contribution < -0.4 is 5.73 Å². The molecule has 0 aromatic rings. The maximum absolute atomic E-state index is 13.4. The van der Waals surface area contributed by atoms with Crippen LogP contribution in [-0.2, 0) is 4.79 Å². The normalized spacial score (nSPS) is 46.0. The molecular weight excluding hydrogens is 380 g/mol. The number of fused-ring (bicyclic) bond motifs is 5. The number of ketones is 1. The van der Waals surface area contributed by atoms with Crippen LogP contribution in [0.4, 0.5) is 0 Å². The molecule has 0 heterocycles. The Balaban J connectivity index is 1.81. The van der Waals surface area contributed by atoms with E-state index in [1.807, 2.05) is 0 Å². The minimum atomic E-state index is -0.357. The number of nitrogens with two attached hydrogens (primary N) is 1. The van der Waals surface area contributed by atoms with Crippen molar-refractivity contribution in [3.63, 3.8) is 0 Å². The number of hydrogen-bond donors (Lipinski definition) is 1. The van der Waals surface area contributed by atoms with Crippen LogP contribution in [0, 0.1) is 44.8 Å². The molecule has 3 saturated carbocycles. The second-order valence-corrected chi connectivity index (χ2v) is 12.9. The molecule has 4 aliphatic rings. The van der Waals surface area contributed by atoms with E-state index in [2.05, 4.69) is 46.8 Å². The van der Waals surface area contributed by atoms with Crippen molar-refractivity contribution in [2.75, 3.05) is 0 Å². The first kappa shape index (κ1) is 23.0. The molecule has 3 heteroatoms. The maximum atomic E-state index is 13.4. The van der Waals surface area contributed by atoms with E-state index in [1.165, 1.54) is 37.7 Å². The maximum Gasteiger partial charge on any atom is 0.153 e. The van der Waals surface area contributed by atoms with Crippen LogP contribution in [-0.4, -0.2) is 11.3 Å². The molecule has 3 fully saturated rings. The highest BCUT2D eigenvalue weighted by molar-refractivity contribution is 5.88. The zero-order chi connectivity index (χ0) is 22.7. The number of hydrogen-bond acceptors (Lipinski definition) is 3. The third kappa shape index (κ3) is 3.18. The molecule has 3 nitrogen and oxygen atoms in total. The number of Topliss-reactive ketones (excluding diaryl/α,β-unsaturated/α-hetero) is 1. The number of allylic oxidation sites excluding steroid dienone is 1. The minimum absolute atomic E-state index is 0.0518. The molecule has 0 saturated heterocycles.